The number of carbonyl (C=O) groups excluding carboxylic acids is 1. The molecule has 2 fully saturated rings. The fourth-order valence-corrected chi connectivity index (χ4v) is 4.08. The van der Waals surface area contributed by atoms with Crippen molar-refractivity contribution in [2.45, 2.75) is 51.5 Å². The standard InChI is InChI=1S/C22H33FN4O2.HI/c1-2-24-22(25-12-14-29-20-10-6-9-18(23)15-20)26-19-11-13-27(16-19)21(28)17-7-4-3-5-8-17;/h6,9-10,15,17,19H,2-5,7-8,11-14,16H2,1H3,(H2,24,25,26);1H. The molecule has 1 atom stereocenters. The van der Waals surface area contributed by atoms with Crippen LogP contribution in [0.5, 0.6) is 5.75 Å². The van der Waals surface area contributed by atoms with Gasteiger partial charge in [-0.15, -0.1) is 24.0 Å². The van der Waals surface area contributed by atoms with Gasteiger partial charge in [0.15, 0.2) is 5.96 Å². The van der Waals surface area contributed by atoms with Gasteiger partial charge in [-0.2, -0.15) is 0 Å². The van der Waals surface area contributed by atoms with Crippen molar-refractivity contribution in [2.24, 2.45) is 10.9 Å². The molecule has 1 heterocycles. The van der Waals surface area contributed by atoms with E-state index >= 15 is 0 Å². The highest BCUT2D eigenvalue weighted by Gasteiger charge is 2.31. The second-order valence-corrected chi connectivity index (χ2v) is 7.82. The Balaban J connectivity index is 0.00000320. The number of nitrogens with zero attached hydrogens (tertiary/aromatic N) is 2. The maximum atomic E-state index is 13.2. The van der Waals surface area contributed by atoms with Crippen molar-refractivity contribution >= 4 is 35.8 Å². The van der Waals surface area contributed by atoms with E-state index in [4.69, 9.17) is 4.74 Å². The molecule has 2 aliphatic rings. The average molecular weight is 532 g/mol. The van der Waals surface area contributed by atoms with Crippen molar-refractivity contribution in [3.63, 3.8) is 0 Å². The lowest BCUT2D eigenvalue weighted by Crippen LogP contribution is -2.45. The van der Waals surface area contributed by atoms with Crippen molar-refractivity contribution in [3.8, 4) is 5.75 Å². The van der Waals surface area contributed by atoms with E-state index in [1.807, 2.05) is 11.8 Å². The predicted octanol–water partition coefficient (Wildman–Crippen LogP) is 3.56. The first kappa shape index (κ1) is 24.7. The molecule has 1 aliphatic carbocycles. The second kappa shape index (κ2) is 13.0. The lowest BCUT2D eigenvalue weighted by atomic mass is 9.88. The first-order valence-electron chi connectivity index (χ1n) is 10.9. The van der Waals surface area contributed by atoms with Crippen molar-refractivity contribution in [1.29, 1.82) is 0 Å². The quantitative estimate of drug-likeness (QED) is 0.244. The number of nitrogens with one attached hydrogen (secondary N) is 2. The number of amides is 1. The number of halogens is 2. The van der Waals surface area contributed by atoms with Crippen molar-refractivity contribution in [2.75, 3.05) is 32.8 Å². The number of guanidine groups is 1. The number of carbonyl (C=O) groups is 1. The molecular weight excluding hydrogens is 498 g/mol. The normalized spacial score (nSPS) is 19.9. The molecule has 1 aromatic carbocycles. The highest BCUT2D eigenvalue weighted by molar-refractivity contribution is 14.0. The Morgan fingerprint density at radius 2 is 2.07 bits per heavy atom. The van der Waals surface area contributed by atoms with Crippen LogP contribution in [-0.2, 0) is 4.79 Å². The van der Waals surface area contributed by atoms with Gasteiger partial charge in [-0.25, -0.2) is 9.38 Å². The predicted molar refractivity (Wildman–Crippen MR) is 128 cm³/mol. The summed E-state index contributed by atoms with van der Waals surface area (Å²) in [5.41, 5.74) is 0. The zero-order chi connectivity index (χ0) is 20.5. The van der Waals surface area contributed by atoms with E-state index in [2.05, 4.69) is 15.6 Å². The van der Waals surface area contributed by atoms with E-state index in [1.54, 1.807) is 12.1 Å². The zero-order valence-electron chi connectivity index (χ0n) is 17.7. The highest BCUT2D eigenvalue weighted by atomic mass is 127. The summed E-state index contributed by atoms with van der Waals surface area (Å²) < 4.78 is 18.7. The first-order valence-corrected chi connectivity index (χ1v) is 10.9. The van der Waals surface area contributed by atoms with Gasteiger partial charge in [0.2, 0.25) is 5.91 Å². The zero-order valence-corrected chi connectivity index (χ0v) is 20.1. The first-order chi connectivity index (χ1) is 14.2. The SMILES string of the molecule is CCNC(=NCCOc1cccc(F)c1)NC1CCN(C(=O)C2CCCCC2)C1.I. The maximum absolute atomic E-state index is 13.2. The molecule has 30 heavy (non-hydrogen) atoms. The van der Waals surface area contributed by atoms with E-state index in [-0.39, 0.29) is 41.8 Å². The Bertz CT molecular complexity index is 697. The number of rotatable bonds is 7. The smallest absolute Gasteiger partial charge is 0.225 e. The Morgan fingerprint density at radius 1 is 1.27 bits per heavy atom. The summed E-state index contributed by atoms with van der Waals surface area (Å²) in [6.07, 6.45) is 6.65. The minimum atomic E-state index is -0.311. The number of ether oxygens (including phenoxy) is 1. The van der Waals surface area contributed by atoms with E-state index in [0.717, 1.165) is 44.9 Å². The molecule has 0 bridgehead atoms. The molecule has 0 radical (unpaired) electrons. The van der Waals surface area contributed by atoms with Crippen LogP contribution in [0.4, 0.5) is 4.39 Å². The van der Waals surface area contributed by atoms with E-state index in [9.17, 15) is 9.18 Å². The van der Waals surface area contributed by atoms with Crippen LogP contribution >= 0.6 is 24.0 Å². The molecule has 3 rings (SSSR count). The summed E-state index contributed by atoms with van der Waals surface area (Å²) in [4.78, 5) is 19.3. The fourth-order valence-electron chi connectivity index (χ4n) is 4.08. The number of hydrogen-bond acceptors (Lipinski definition) is 3. The molecule has 1 amide bonds. The van der Waals surface area contributed by atoms with Gasteiger partial charge in [0.05, 0.1) is 6.54 Å². The lowest BCUT2D eigenvalue weighted by Gasteiger charge is -2.26. The van der Waals surface area contributed by atoms with Crippen LogP contribution in [0.3, 0.4) is 0 Å². The summed E-state index contributed by atoms with van der Waals surface area (Å²) >= 11 is 0. The largest absolute Gasteiger partial charge is 0.492 e. The van der Waals surface area contributed by atoms with Gasteiger partial charge >= 0.3 is 0 Å². The Morgan fingerprint density at radius 3 is 2.80 bits per heavy atom. The number of likely N-dealkylation sites (tertiary alicyclic amines) is 1. The molecule has 1 aromatic rings. The number of aliphatic imine (C=N–C) groups is 1. The van der Waals surface area contributed by atoms with Crippen LogP contribution in [0, 0.1) is 11.7 Å². The Kier molecular flexibility index (Phi) is 10.7. The summed E-state index contributed by atoms with van der Waals surface area (Å²) in [5.74, 6) is 1.48. The minimum absolute atomic E-state index is 0. The second-order valence-electron chi connectivity index (χ2n) is 7.82. The van der Waals surface area contributed by atoms with Gasteiger partial charge in [-0.05, 0) is 38.3 Å². The van der Waals surface area contributed by atoms with Gasteiger partial charge in [0, 0.05) is 37.7 Å². The molecule has 0 spiro atoms. The Hall–Kier alpha value is -1.58. The topological polar surface area (TPSA) is 66.0 Å². The molecule has 1 unspecified atom stereocenters. The van der Waals surface area contributed by atoms with Crippen molar-refractivity contribution in [3.05, 3.63) is 30.1 Å². The van der Waals surface area contributed by atoms with Crippen LogP contribution in [0.15, 0.2) is 29.3 Å². The van der Waals surface area contributed by atoms with Crippen LogP contribution in [0.1, 0.15) is 45.4 Å². The third-order valence-electron chi connectivity index (χ3n) is 5.57. The number of hydrogen-bond donors (Lipinski definition) is 2. The molecule has 6 nitrogen and oxygen atoms in total. The molecule has 8 heteroatoms. The van der Waals surface area contributed by atoms with Crippen LogP contribution in [0.2, 0.25) is 0 Å². The van der Waals surface area contributed by atoms with E-state index in [1.165, 1.54) is 31.4 Å². The average Bonchev–Trinajstić information content (AvgIpc) is 3.20. The van der Waals surface area contributed by atoms with Crippen LogP contribution in [0.25, 0.3) is 0 Å². The third kappa shape index (κ3) is 7.59. The monoisotopic (exact) mass is 532 g/mol. The van der Waals surface area contributed by atoms with Crippen LogP contribution < -0.4 is 15.4 Å². The summed E-state index contributed by atoms with van der Waals surface area (Å²) in [6.45, 7) is 5.16. The molecule has 2 N–H and O–H groups in total. The van der Waals surface area contributed by atoms with Gasteiger partial charge in [-0.3, -0.25) is 4.79 Å². The van der Waals surface area contributed by atoms with Gasteiger partial charge < -0.3 is 20.3 Å². The van der Waals surface area contributed by atoms with Gasteiger partial charge in [-0.1, -0.05) is 25.3 Å². The molecular formula is C22H34FIN4O2. The summed E-state index contributed by atoms with van der Waals surface area (Å²) in [5, 5.41) is 6.69. The maximum Gasteiger partial charge on any atom is 0.225 e. The molecule has 1 aliphatic heterocycles. The third-order valence-corrected chi connectivity index (χ3v) is 5.57. The summed E-state index contributed by atoms with van der Waals surface area (Å²) in [7, 11) is 0. The Labute approximate surface area is 196 Å². The van der Waals surface area contributed by atoms with Crippen molar-refractivity contribution in [1.82, 2.24) is 15.5 Å². The van der Waals surface area contributed by atoms with Crippen molar-refractivity contribution < 1.29 is 13.9 Å². The molecule has 168 valence electrons. The van der Waals surface area contributed by atoms with E-state index < -0.39 is 0 Å². The lowest BCUT2D eigenvalue weighted by molar-refractivity contribution is -0.135. The van der Waals surface area contributed by atoms with Gasteiger partial charge in [0.1, 0.15) is 18.2 Å². The molecule has 1 saturated carbocycles. The molecule has 1 saturated heterocycles. The van der Waals surface area contributed by atoms with Gasteiger partial charge in [0.25, 0.3) is 0 Å². The molecule has 0 aromatic heterocycles. The fraction of sp³-hybridized carbons (Fsp3) is 0.636. The highest BCUT2D eigenvalue weighted by Crippen LogP contribution is 2.26. The number of benzene rings is 1. The minimum Gasteiger partial charge on any atom is -0.492 e. The van der Waals surface area contributed by atoms with Crippen LogP contribution in [-0.4, -0.2) is 55.6 Å². The van der Waals surface area contributed by atoms with E-state index in [0.29, 0.717) is 24.8 Å². The summed E-state index contributed by atoms with van der Waals surface area (Å²) in [6, 6.07) is 6.32.